The summed E-state index contributed by atoms with van der Waals surface area (Å²) in [7, 11) is 0. The summed E-state index contributed by atoms with van der Waals surface area (Å²) < 4.78 is 0. The third-order valence-electron chi connectivity index (χ3n) is 2.18. The van der Waals surface area contributed by atoms with Crippen LogP contribution in [0.2, 0.25) is 0 Å². The molecule has 1 aliphatic carbocycles. The minimum absolute atomic E-state index is 0.538. The molecule has 11 heavy (non-hydrogen) atoms. The minimum atomic E-state index is 0.538. The molecular formula is C9H15Cl2. The molecule has 65 valence electrons. The van der Waals surface area contributed by atoms with Gasteiger partial charge in [0.05, 0.1) is 0 Å². The summed E-state index contributed by atoms with van der Waals surface area (Å²) in [6, 6.07) is 0. The molecule has 0 aromatic heterocycles. The van der Waals surface area contributed by atoms with Crippen LogP contribution < -0.4 is 0 Å². The molecule has 0 aromatic rings. The molecule has 0 heterocycles. The van der Waals surface area contributed by atoms with Gasteiger partial charge in [-0.25, -0.2) is 0 Å². The molecule has 0 bridgehead atoms. The van der Waals surface area contributed by atoms with Gasteiger partial charge in [0.25, 0.3) is 0 Å². The SMILES string of the molecule is Cl[C](Cl)CCCCCC1CC1. The minimum Gasteiger partial charge on any atom is -0.0983 e. The molecular weight excluding hydrogens is 179 g/mol. The molecule has 0 unspecified atom stereocenters. The molecule has 0 saturated heterocycles. The summed E-state index contributed by atoms with van der Waals surface area (Å²) in [6.45, 7) is 0. The number of hydrogen-bond acceptors (Lipinski definition) is 0. The fraction of sp³-hybridized carbons (Fsp3) is 0.889. The molecule has 0 atom stereocenters. The van der Waals surface area contributed by atoms with Crippen LogP contribution in [0.15, 0.2) is 0 Å². The van der Waals surface area contributed by atoms with E-state index in [9.17, 15) is 0 Å². The van der Waals surface area contributed by atoms with Crippen LogP contribution in [0.25, 0.3) is 0 Å². The van der Waals surface area contributed by atoms with E-state index < -0.39 is 0 Å². The Morgan fingerprint density at radius 3 is 2.36 bits per heavy atom. The highest BCUT2D eigenvalue weighted by atomic mass is 35.5. The Labute approximate surface area is 79.3 Å². The van der Waals surface area contributed by atoms with E-state index in [1.165, 1.54) is 32.1 Å². The maximum absolute atomic E-state index is 5.51. The third kappa shape index (κ3) is 5.81. The van der Waals surface area contributed by atoms with E-state index in [0.29, 0.717) is 4.84 Å². The second-order valence-corrected chi connectivity index (χ2v) is 4.49. The number of hydrogen-bond donors (Lipinski definition) is 0. The first-order valence-corrected chi connectivity index (χ1v) is 5.21. The van der Waals surface area contributed by atoms with Gasteiger partial charge in [-0.1, -0.05) is 61.7 Å². The molecule has 1 fully saturated rings. The first kappa shape index (κ1) is 9.67. The van der Waals surface area contributed by atoms with Gasteiger partial charge < -0.3 is 0 Å². The predicted molar refractivity (Wildman–Crippen MR) is 50.8 cm³/mol. The van der Waals surface area contributed by atoms with E-state index in [4.69, 9.17) is 23.2 Å². The summed E-state index contributed by atoms with van der Waals surface area (Å²) in [6.07, 6.45) is 9.08. The first-order valence-electron chi connectivity index (χ1n) is 4.46. The van der Waals surface area contributed by atoms with Gasteiger partial charge >= 0.3 is 0 Å². The fourth-order valence-corrected chi connectivity index (χ4v) is 1.54. The van der Waals surface area contributed by atoms with Crippen molar-refractivity contribution in [2.45, 2.75) is 44.9 Å². The van der Waals surface area contributed by atoms with Crippen LogP contribution in [0.5, 0.6) is 0 Å². The fourth-order valence-electron chi connectivity index (χ4n) is 1.27. The monoisotopic (exact) mass is 193 g/mol. The van der Waals surface area contributed by atoms with Gasteiger partial charge in [-0.15, -0.1) is 0 Å². The van der Waals surface area contributed by atoms with Crippen LogP contribution in [-0.4, -0.2) is 0 Å². The Morgan fingerprint density at radius 2 is 1.82 bits per heavy atom. The Kier molecular flexibility index (Phi) is 4.63. The largest absolute Gasteiger partial charge is 0.151 e. The van der Waals surface area contributed by atoms with E-state index in [1.54, 1.807) is 0 Å². The average molecular weight is 194 g/mol. The molecule has 0 aromatic carbocycles. The standard InChI is InChI=1S/C9H15Cl2/c10-9(11)5-3-1-2-4-8-6-7-8/h8H,1-7H2. The van der Waals surface area contributed by atoms with E-state index in [2.05, 4.69) is 0 Å². The van der Waals surface area contributed by atoms with Gasteiger partial charge in [-0.05, 0) is 12.3 Å². The van der Waals surface area contributed by atoms with Crippen molar-refractivity contribution < 1.29 is 0 Å². The zero-order valence-electron chi connectivity index (χ0n) is 6.78. The van der Waals surface area contributed by atoms with Crippen molar-refractivity contribution in [3.05, 3.63) is 4.84 Å². The van der Waals surface area contributed by atoms with Crippen molar-refractivity contribution in [3.8, 4) is 0 Å². The quantitative estimate of drug-likeness (QED) is 0.552. The van der Waals surface area contributed by atoms with E-state index in [-0.39, 0.29) is 0 Å². The van der Waals surface area contributed by atoms with Crippen molar-refractivity contribution >= 4 is 23.2 Å². The van der Waals surface area contributed by atoms with Gasteiger partial charge in [-0.3, -0.25) is 0 Å². The maximum Gasteiger partial charge on any atom is 0.151 e. The summed E-state index contributed by atoms with van der Waals surface area (Å²) in [5.74, 6) is 1.07. The van der Waals surface area contributed by atoms with Gasteiger partial charge in [0.2, 0.25) is 0 Å². The lowest BCUT2D eigenvalue weighted by Gasteiger charge is -1.99. The zero-order chi connectivity index (χ0) is 8.10. The summed E-state index contributed by atoms with van der Waals surface area (Å²) in [5.41, 5.74) is 0. The third-order valence-corrected chi connectivity index (χ3v) is 2.55. The van der Waals surface area contributed by atoms with Crippen LogP contribution in [0.4, 0.5) is 0 Å². The molecule has 0 nitrogen and oxygen atoms in total. The van der Waals surface area contributed by atoms with Crippen LogP contribution in [0.3, 0.4) is 0 Å². The highest BCUT2D eigenvalue weighted by Crippen LogP contribution is 2.34. The lowest BCUT2D eigenvalue weighted by molar-refractivity contribution is 0.602. The second-order valence-electron chi connectivity index (χ2n) is 3.38. The van der Waals surface area contributed by atoms with Crippen LogP contribution in [0.1, 0.15) is 44.9 Å². The van der Waals surface area contributed by atoms with Crippen molar-refractivity contribution in [1.29, 1.82) is 0 Å². The van der Waals surface area contributed by atoms with Crippen LogP contribution in [-0.2, 0) is 0 Å². The molecule has 1 aliphatic rings. The first-order chi connectivity index (χ1) is 5.29. The van der Waals surface area contributed by atoms with Crippen molar-refractivity contribution in [3.63, 3.8) is 0 Å². The predicted octanol–water partition coefficient (Wildman–Crippen LogP) is 4.31. The zero-order valence-corrected chi connectivity index (χ0v) is 8.29. The van der Waals surface area contributed by atoms with Gasteiger partial charge in [0, 0.05) is 0 Å². The molecule has 0 aliphatic heterocycles. The molecule has 0 N–H and O–H groups in total. The molecule has 2 heteroatoms. The topological polar surface area (TPSA) is 0 Å². The second kappa shape index (κ2) is 5.27. The number of unbranched alkanes of at least 4 members (excludes halogenated alkanes) is 2. The molecule has 1 saturated carbocycles. The van der Waals surface area contributed by atoms with E-state index >= 15 is 0 Å². The molecule has 1 rings (SSSR count). The Bertz CT molecular complexity index is 93.7. The number of halogens is 2. The Morgan fingerprint density at radius 1 is 1.09 bits per heavy atom. The summed E-state index contributed by atoms with van der Waals surface area (Å²) in [5, 5.41) is 0. The van der Waals surface area contributed by atoms with E-state index in [0.717, 1.165) is 18.8 Å². The maximum atomic E-state index is 5.51. The Balaban J connectivity index is 1.73. The molecule has 1 radical (unpaired) electrons. The number of rotatable bonds is 6. The summed E-state index contributed by atoms with van der Waals surface area (Å²) >= 11 is 11.0. The van der Waals surface area contributed by atoms with Crippen molar-refractivity contribution in [2.75, 3.05) is 0 Å². The lowest BCUT2D eigenvalue weighted by atomic mass is 10.1. The van der Waals surface area contributed by atoms with Gasteiger partial charge in [0.1, 0.15) is 0 Å². The van der Waals surface area contributed by atoms with Gasteiger partial charge in [0.15, 0.2) is 4.84 Å². The Hall–Kier alpha value is 0.580. The molecule has 0 amide bonds. The highest BCUT2D eigenvalue weighted by Gasteiger charge is 2.19. The van der Waals surface area contributed by atoms with Gasteiger partial charge in [-0.2, -0.15) is 0 Å². The lowest BCUT2D eigenvalue weighted by Crippen LogP contribution is -1.81. The van der Waals surface area contributed by atoms with Crippen molar-refractivity contribution in [2.24, 2.45) is 5.92 Å². The highest BCUT2D eigenvalue weighted by molar-refractivity contribution is 6.52. The normalized spacial score (nSPS) is 17.7. The van der Waals surface area contributed by atoms with E-state index in [1.807, 2.05) is 0 Å². The van der Waals surface area contributed by atoms with Crippen LogP contribution in [0, 0.1) is 10.8 Å². The summed E-state index contributed by atoms with van der Waals surface area (Å²) in [4.78, 5) is 0.538. The van der Waals surface area contributed by atoms with Crippen molar-refractivity contribution in [1.82, 2.24) is 0 Å². The smallest absolute Gasteiger partial charge is 0.0983 e. The van der Waals surface area contributed by atoms with Crippen LogP contribution >= 0.6 is 23.2 Å². The molecule has 0 spiro atoms. The average Bonchev–Trinajstić information content (AvgIpc) is 2.70.